The monoisotopic (exact) mass is 258 g/mol. The van der Waals surface area contributed by atoms with Crippen LogP contribution in [0.1, 0.15) is 11.3 Å². The Balaban J connectivity index is 1.99. The van der Waals surface area contributed by atoms with E-state index in [1.165, 1.54) is 0 Å². The summed E-state index contributed by atoms with van der Waals surface area (Å²) in [6, 6.07) is 11.8. The van der Waals surface area contributed by atoms with Crippen molar-refractivity contribution in [2.24, 2.45) is 0 Å². The number of nitrogens with zero attached hydrogens (tertiary/aromatic N) is 1. The SMILES string of the molecule is CNc1ccnc(COc2cccc(COC)c2)c1. The van der Waals surface area contributed by atoms with Gasteiger partial charge in [0.05, 0.1) is 12.3 Å². The zero-order valence-electron chi connectivity index (χ0n) is 11.2. The first-order chi connectivity index (χ1) is 9.31. The van der Waals surface area contributed by atoms with Crippen molar-refractivity contribution in [1.29, 1.82) is 0 Å². The summed E-state index contributed by atoms with van der Waals surface area (Å²) >= 11 is 0. The molecule has 0 aliphatic heterocycles. The van der Waals surface area contributed by atoms with Crippen molar-refractivity contribution in [2.75, 3.05) is 19.5 Å². The van der Waals surface area contributed by atoms with Crippen molar-refractivity contribution in [3.8, 4) is 5.75 Å². The highest BCUT2D eigenvalue weighted by Crippen LogP contribution is 2.16. The molecule has 100 valence electrons. The van der Waals surface area contributed by atoms with Crippen LogP contribution in [0.4, 0.5) is 5.69 Å². The lowest BCUT2D eigenvalue weighted by molar-refractivity contribution is 0.184. The van der Waals surface area contributed by atoms with Gasteiger partial charge in [-0.15, -0.1) is 0 Å². The normalized spacial score (nSPS) is 10.2. The van der Waals surface area contributed by atoms with Gasteiger partial charge in [0.25, 0.3) is 0 Å². The highest BCUT2D eigenvalue weighted by atomic mass is 16.5. The maximum atomic E-state index is 5.73. The molecule has 1 aromatic heterocycles. The third-order valence-corrected chi connectivity index (χ3v) is 2.70. The lowest BCUT2D eigenvalue weighted by Gasteiger charge is -2.08. The maximum Gasteiger partial charge on any atom is 0.130 e. The summed E-state index contributed by atoms with van der Waals surface area (Å²) in [5.41, 5.74) is 3.02. The van der Waals surface area contributed by atoms with Crippen molar-refractivity contribution < 1.29 is 9.47 Å². The molecule has 1 heterocycles. The van der Waals surface area contributed by atoms with Crippen LogP contribution in [0.15, 0.2) is 42.6 Å². The van der Waals surface area contributed by atoms with Gasteiger partial charge in [-0.3, -0.25) is 4.98 Å². The molecule has 0 radical (unpaired) electrons. The summed E-state index contributed by atoms with van der Waals surface area (Å²) < 4.78 is 10.8. The van der Waals surface area contributed by atoms with E-state index in [9.17, 15) is 0 Å². The first kappa shape index (κ1) is 13.4. The van der Waals surface area contributed by atoms with Crippen LogP contribution in [0.2, 0.25) is 0 Å². The maximum absolute atomic E-state index is 5.73. The molecule has 0 amide bonds. The van der Waals surface area contributed by atoms with Gasteiger partial charge >= 0.3 is 0 Å². The van der Waals surface area contributed by atoms with Crippen molar-refractivity contribution in [1.82, 2.24) is 4.98 Å². The summed E-state index contributed by atoms with van der Waals surface area (Å²) in [6.07, 6.45) is 1.77. The molecule has 0 unspecified atom stereocenters. The van der Waals surface area contributed by atoms with Crippen LogP contribution in [0.3, 0.4) is 0 Å². The molecule has 0 saturated heterocycles. The van der Waals surface area contributed by atoms with Gasteiger partial charge in [0, 0.05) is 26.0 Å². The molecule has 0 atom stereocenters. The number of hydrogen-bond donors (Lipinski definition) is 1. The minimum Gasteiger partial charge on any atom is -0.487 e. The summed E-state index contributed by atoms with van der Waals surface area (Å²) in [4.78, 5) is 4.27. The highest BCUT2D eigenvalue weighted by Gasteiger charge is 2.00. The van der Waals surface area contributed by atoms with E-state index in [0.29, 0.717) is 13.2 Å². The third-order valence-electron chi connectivity index (χ3n) is 2.70. The van der Waals surface area contributed by atoms with Crippen LogP contribution in [0, 0.1) is 0 Å². The molecule has 0 bridgehead atoms. The van der Waals surface area contributed by atoms with E-state index in [2.05, 4.69) is 10.3 Å². The van der Waals surface area contributed by atoms with E-state index in [0.717, 1.165) is 22.7 Å². The molecule has 0 saturated carbocycles. The molecule has 4 heteroatoms. The minimum absolute atomic E-state index is 0.450. The van der Waals surface area contributed by atoms with Crippen LogP contribution in [-0.2, 0) is 18.0 Å². The molecular formula is C15H18N2O2. The zero-order chi connectivity index (χ0) is 13.5. The van der Waals surface area contributed by atoms with Crippen LogP contribution in [0.5, 0.6) is 5.75 Å². The first-order valence-corrected chi connectivity index (χ1v) is 6.15. The minimum atomic E-state index is 0.450. The molecule has 1 N–H and O–H groups in total. The molecule has 0 aliphatic carbocycles. The van der Waals surface area contributed by atoms with Gasteiger partial charge in [-0.1, -0.05) is 12.1 Å². The van der Waals surface area contributed by atoms with Crippen LogP contribution in [0.25, 0.3) is 0 Å². The van der Waals surface area contributed by atoms with Crippen LogP contribution in [-0.4, -0.2) is 19.1 Å². The van der Waals surface area contributed by atoms with E-state index in [4.69, 9.17) is 9.47 Å². The number of benzene rings is 1. The fourth-order valence-corrected chi connectivity index (χ4v) is 1.76. The van der Waals surface area contributed by atoms with E-state index < -0.39 is 0 Å². The van der Waals surface area contributed by atoms with Gasteiger partial charge in [-0.2, -0.15) is 0 Å². The third kappa shape index (κ3) is 3.96. The Kier molecular flexibility index (Phi) is 4.75. The Labute approximate surface area is 113 Å². The summed E-state index contributed by atoms with van der Waals surface area (Å²) in [5, 5.41) is 3.08. The fraction of sp³-hybridized carbons (Fsp3) is 0.267. The average Bonchev–Trinajstić information content (AvgIpc) is 2.46. The van der Waals surface area contributed by atoms with E-state index in [-0.39, 0.29) is 0 Å². The van der Waals surface area contributed by atoms with Gasteiger partial charge in [0.2, 0.25) is 0 Å². The molecule has 1 aromatic carbocycles. The summed E-state index contributed by atoms with van der Waals surface area (Å²) in [6.45, 7) is 1.04. The molecule has 2 rings (SSSR count). The van der Waals surface area contributed by atoms with Crippen molar-refractivity contribution in [3.63, 3.8) is 0 Å². The van der Waals surface area contributed by atoms with Gasteiger partial charge in [0.1, 0.15) is 12.4 Å². The second-order valence-corrected chi connectivity index (χ2v) is 4.15. The van der Waals surface area contributed by atoms with Gasteiger partial charge < -0.3 is 14.8 Å². The molecular weight excluding hydrogens is 240 g/mol. The molecule has 0 spiro atoms. The molecule has 0 fully saturated rings. The van der Waals surface area contributed by atoms with Crippen molar-refractivity contribution >= 4 is 5.69 Å². The fourth-order valence-electron chi connectivity index (χ4n) is 1.76. The predicted octanol–water partition coefficient (Wildman–Crippen LogP) is 2.85. The van der Waals surface area contributed by atoms with Crippen LogP contribution >= 0.6 is 0 Å². The number of aromatic nitrogens is 1. The topological polar surface area (TPSA) is 43.4 Å². The highest BCUT2D eigenvalue weighted by molar-refractivity contribution is 5.42. The number of anilines is 1. The standard InChI is InChI=1S/C15H18N2O2/c1-16-13-6-7-17-14(9-13)11-19-15-5-3-4-12(8-15)10-18-2/h3-9H,10-11H2,1-2H3,(H,16,17). The number of pyridine rings is 1. The number of ether oxygens (including phenoxy) is 2. The quantitative estimate of drug-likeness (QED) is 0.865. The summed E-state index contributed by atoms with van der Waals surface area (Å²) in [7, 11) is 3.56. The number of methoxy groups -OCH3 is 1. The lowest BCUT2D eigenvalue weighted by atomic mass is 10.2. The van der Waals surface area contributed by atoms with E-state index in [1.807, 2.05) is 43.4 Å². The second-order valence-electron chi connectivity index (χ2n) is 4.15. The number of nitrogens with one attached hydrogen (secondary N) is 1. The second kappa shape index (κ2) is 6.75. The van der Waals surface area contributed by atoms with Gasteiger partial charge in [0.15, 0.2) is 0 Å². The van der Waals surface area contributed by atoms with Gasteiger partial charge in [-0.25, -0.2) is 0 Å². The Hall–Kier alpha value is -2.07. The Bertz CT molecular complexity index is 529. The zero-order valence-corrected chi connectivity index (χ0v) is 11.2. The Morgan fingerprint density at radius 1 is 1.16 bits per heavy atom. The number of hydrogen-bond acceptors (Lipinski definition) is 4. The Morgan fingerprint density at radius 3 is 2.84 bits per heavy atom. The first-order valence-electron chi connectivity index (χ1n) is 6.15. The largest absolute Gasteiger partial charge is 0.487 e. The smallest absolute Gasteiger partial charge is 0.130 e. The van der Waals surface area contributed by atoms with Gasteiger partial charge in [-0.05, 0) is 29.8 Å². The van der Waals surface area contributed by atoms with E-state index >= 15 is 0 Å². The molecule has 2 aromatic rings. The Morgan fingerprint density at radius 2 is 2.05 bits per heavy atom. The predicted molar refractivity (Wildman–Crippen MR) is 75.3 cm³/mol. The molecule has 4 nitrogen and oxygen atoms in total. The molecule has 0 aliphatic rings. The molecule has 19 heavy (non-hydrogen) atoms. The summed E-state index contributed by atoms with van der Waals surface area (Å²) in [5.74, 6) is 0.825. The number of rotatable bonds is 6. The van der Waals surface area contributed by atoms with E-state index in [1.54, 1.807) is 13.3 Å². The van der Waals surface area contributed by atoms with Crippen molar-refractivity contribution in [3.05, 3.63) is 53.9 Å². The van der Waals surface area contributed by atoms with Crippen LogP contribution < -0.4 is 10.1 Å². The lowest BCUT2D eigenvalue weighted by Crippen LogP contribution is -2.00. The average molecular weight is 258 g/mol. The van der Waals surface area contributed by atoms with Crippen molar-refractivity contribution in [2.45, 2.75) is 13.2 Å².